The number of hydrogen-bond acceptors (Lipinski definition) is 1. The van der Waals surface area contributed by atoms with Crippen molar-refractivity contribution in [3.05, 3.63) is 78.0 Å². The van der Waals surface area contributed by atoms with Crippen LogP contribution in [0.1, 0.15) is 25.0 Å². The van der Waals surface area contributed by atoms with Crippen LogP contribution in [0.15, 0.2) is 66.9 Å². The van der Waals surface area contributed by atoms with Gasteiger partial charge in [0, 0.05) is 11.0 Å². The highest BCUT2D eigenvalue weighted by atomic mass is 31.2. The SMILES string of the molecule is C=C=C(c1ccccc1)[P@@](=O)(c1cccc(C(F)(F)F)c1)C(C)C. The van der Waals surface area contributed by atoms with Gasteiger partial charge in [0.2, 0.25) is 0 Å². The van der Waals surface area contributed by atoms with Crippen LogP contribution in [0.25, 0.3) is 5.31 Å². The van der Waals surface area contributed by atoms with Gasteiger partial charge in [-0.3, -0.25) is 0 Å². The Bertz CT molecular complexity index is 816. The van der Waals surface area contributed by atoms with E-state index in [1.165, 1.54) is 12.1 Å². The van der Waals surface area contributed by atoms with E-state index in [1.807, 2.05) is 6.07 Å². The van der Waals surface area contributed by atoms with Crippen LogP contribution >= 0.6 is 7.14 Å². The van der Waals surface area contributed by atoms with Crippen LogP contribution in [-0.2, 0) is 10.7 Å². The lowest BCUT2D eigenvalue weighted by molar-refractivity contribution is -0.137. The Morgan fingerprint density at radius 2 is 1.71 bits per heavy atom. The fraction of sp³-hybridized carbons (Fsp3) is 0.211. The first-order valence-corrected chi connectivity index (χ1v) is 9.22. The van der Waals surface area contributed by atoms with E-state index in [9.17, 15) is 17.7 Å². The smallest absolute Gasteiger partial charge is 0.313 e. The zero-order valence-corrected chi connectivity index (χ0v) is 14.4. The molecule has 0 bridgehead atoms. The Morgan fingerprint density at radius 3 is 2.21 bits per heavy atom. The summed E-state index contributed by atoms with van der Waals surface area (Å²) in [5.74, 6) is 0. The van der Waals surface area contributed by atoms with Crippen LogP contribution in [0.3, 0.4) is 0 Å². The van der Waals surface area contributed by atoms with Crippen molar-refractivity contribution in [2.45, 2.75) is 25.7 Å². The average molecular weight is 350 g/mol. The van der Waals surface area contributed by atoms with Gasteiger partial charge in [-0.25, -0.2) is 0 Å². The van der Waals surface area contributed by atoms with Crippen LogP contribution in [0.4, 0.5) is 13.2 Å². The van der Waals surface area contributed by atoms with Crippen LogP contribution < -0.4 is 5.30 Å². The number of halogens is 3. The predicted molar refractivity (Wildman–Crippen MR) is 92.8 cm³/mol. The highest BCUT2D eigenvalue weighted by Crippen LogP contribution is 2.60. The molecule has 2 rings (SSSR count). The van der Waals surface area contributed by atoms with Gasteiger partial charge in [-0.15, -0.1) is 5.73 Å². The van der Waals surface area contributed by atoms with Gasteiger partial charge in [-0.2, -0.15) is 13.2 Å². The fourth-order valence-electron chi connectivity index (χ4n) is 2.58. The van der Waals surface area contributed by atoms with E-state index >= 15 is 0 Å². The van der Waals surface area contributed by atoms with Gasteiger partial charge in [-0.1, -0.05) is 62.9 Å². The molecule has 126 valence electrons. The third-order valence-corrected chi connectivity index (χ3v) is 7.41. The standard InChI is InChI=1S/C19H18F3OP/c1-4-18(15-9-6-5-7-10-15)24(23,14(2)3)17-12-8-11-16(13-17)19(20,21)22/h5-14H,1H2,2-3H3/t24-/m0/s1. The van der Waals surface area contributed by atoms with Crippen LogP contribution in [-0.4, -0.2) is 5.66 Å². The summed E-state index contributed by atoms with van der Waals surface area (Å²) in [6, 6.07) is 13.6. The molecule has 5 heteroatoms. The van der Waals surface area contributed by atoms with Gasteiger partial charge in [-0.05, 0) is 17.7 Å². The summed E-state index contributed by atoms with van der Waals surface area (Å²) in [5.41, 5.74) is 2.18. The van der Waals surface area contributed by atoms with Gasteiger partial charge in [0.1, 0.15) is 0 Å². The second-order valence-electron chi connectivity index (χ2n) is 5.69. The van der Waals surface area contributed by atoms with Crippen LogP contribution in [0.2, 0.25) is 0 Å². The molecule has 0 spiro atoms. The minimum atomic E-state index is -4.48. The van der Waals surface area contributed by atoms with Gasteiger partial charge in [0.25, 0.3) is 0 Å². The second-order valence-corrected chi connectivity index (χ2v) is 9.00. The van der Waals surface area contributed by atoms with E-state index in [1.54, 1.807) is 38.1 Å². The van der Waals surface area contributed by atoms with Gasteiger partial charge < -0.3 is 4.57 Å². The minimum absolute atomic E-state index is 0.169. The van der Waals surface area contributed by atoms with Crippen molar-refractivity contribution >= 4 is 17.8 Å². The molecule has 0 fully saturated rings. The molecule has 0 aliphatic carbocycles. The van der Waals surface area contributed by atoms with Gasteiger partial charge in [0.15, 0.2) is 7.14 Å². The molecule has 0 N–H and O–H groups in total. The first-order chi connectivity index (χ1) is 11.2. The number of hydrogen-bond donors (Lipinski definition) is 0. The summed E-state index contributed by atoms with van der Waals surface area (Å²) in [6.07, 6.45) is -4.48. The normalized spacial score (nSPS) is 14.1. The Balaban J connectivity index is 2.69. The van der Waals surface area contributed by atoms with E-state index in [0.717, 1.165) is 12.1 Å². The van der Waals surface area contributed by atoms with Crippen molar-refractivity contribution in [1.29, 1.82) is 0 Å². The Morgan fingerprint density at radius 1 is 1.08 bits per heavy atom. The molecule has 2 aromatic carbocycles. The molecule has 1 atom stereocenters. The number of rotatable bonds is 4. The fourth-order valence-corrected chi connectivity index (χ4v) is 5.36. The lowest BCUT2D eigenvalue weighted by Gasteiger charge is -2.25. The molecule has 0 aliphatic heterocycles. The van der Waals surface area contributed by atoms with E-state index in [-0.39, 0.29) is 11.0 Å². The van der Waals surface area contributed by atoms with Crippen molar-refractivity contribution in [3.8, 4) is 0 Å². The average Bonchev–Trinajstić information content (AvgIpc) is 2.55. The van der Waals surface area contributed by atoms with E-state index < -0.39 is 18.9 Å². The molecule has 0 saturated heterocycles. The first-order valence-electron chi connectivity index (χ1n) is 7.45. The van der Waals surface area contributed by atoms with Crippen molar-refractivity contribution in [2.24, 2.45) is 0 Å². The molecule has 1 nitrogen and oxygen atoms in total. The summed E-state index contributed by atoms with van der Waals surface area (Å²) in [4.78, 5) is 0. The Labute approximate surface area is 139 Å². The molecular formula is C19H18F3OP. The summed E-state index contributed by atoms with van der Waals surface area (Å²) in [7, 11) is -3.33. The second kappa shape index (κ2) is 6.84. The summed E-state index contributed by atoms with van der Waals surface area (Å²) >= 11 is 0. The molecule has 0 aliphatic rings. The van der Waals surface area contributed by atoms with E-state index in [2.05, 4.69) is 12.3 Å². The van der Waals surface area contributed by atoms with E-state index in [4.69, 9.17) is 0 Å². The quantitative estimate of drug-likeness (QED) is 0.493. The zero-order valence-electron chi connectivity index (χ0n) is 13.5. The maximum absolute atomic E-state index is 13.8. The summed E-state index contributed by atoms with van der Waals surface area (Å²) < 4.78 is 52.9. The van der Waals surface area contributed by atoms with Gasteiger partial charge >= 0.3 is 6.18 Å². The third-order valence-electron chi connectivity index (χ3n) is 3.83. The summed E-state index contributed by atoms with van der Waals surface area (Å²) in [6.45, 7) is 7.10. The molecule has 0 amide bonds. The molecule has 0 heterocycles. The molecule has 24 heavy (non-hydrogen) atoms. The monoisotopic (exact) mass is 350 g/mol. The molecule has 0 aromatic heterocycles. The van der Waals surface area contributed by atoms with Crippen molar-refractivity contribution in [1.82, 2.24) is 0 Å². The van der Waals surface area contributed by atoms with E-state index in [0.29, 0.717) is 10.9 Å². The lowest BCUT2D eigenvalue weighted by atomic mass is 10.2. The largest absolute Gasteiger partial charge is 0.416 e. The number of benzene rings is 2. The maximum atomic E-state index is 13.8. The summed E-state index contributed by atoms with van der Waals surface area (Å²) in [5, 5.41) is 0.528. The van der Waals surface area contributed by atoms with Crippen LogP contribution in [0.5, 0.6) is 0 Å². The van der Waals surface area contributed by atoms with Gasteiger partial charge in [0.05, 0.1) is 10.9 Å². The van der Waals surface area contributed by atoms with Crippen molar-refractivity contribution in [3.63, 3.8) is 0 Å². The zero-order chi connectivity index (χ0) is 18.0. The molecular weight excluding hydrogens is 332 g/mol. The highest BCUT2D eigenvalue weighted by Gasteiger charge is 2.37. The Kier molecular flexibility index (Phi) is 5.22. The number of alkyl halides is 3. The molecule has 2 aromatic rings. The minimum Gasteiger partial charge on any atom is -0.313 e. The molecule has 0 saturated carbocycles. The topological polar surface area (TPSA) is 17.1 Å². The third kappa shape index (κ3) is 3.40. The van der Waals surface area contributed by atoms with Crippen molar-refractivity contribution in [2.75, 3.05) is 0 Å². The molecule has 0 unspecified atom stereocenters. The van der Waals surface area contributed by atoms with Crippen LogP contribution in [0, 0.1) is 0 Å². The first kappa shape index (κ1) is 18.3. The lowest BCUT2D eigenvalue weighted by Crippen LogP contribution is -2.16. The van der Waals surface area contributed by atoms with Crippen molar-refractivity contribution < 1.29 is 17.7 Å². The highest BCUT2D eigenvalue weighted by molar-refractivity contribution is 7.81. The Hall–Kier alpha value is -2.02. The maximum Gasteiger partial charge on any atom is 0.416 e. The molecule has 0 radical (unpaired) electrons. The predicted octanol–water partition coefficient (Wildman–Crippen LogP) is 5.93.